The Kier molecular flexibility index (Phi) is 6.99. The normalized spacial score (nSPS) is 18.2. The number of carbonyl (C=O) groups is 1. The van der Waals surface area contributed by atoms with Crippen molar-refractivity contribution in [2.75, 3.05) is 13.1 Å². The van der Waals surface area contributed by atoms with Crippen molar-refractivity contribution < 1.29 is 9.90 Å². The van der Waals surface area contributed by atoms with Gasteiger partial charge in [-0.15, -0.1) is 12.4 Å². The monoisotopic (exact) mass is 364 g/mol. The summed E-state index contributed by atoms with van der Waals surface area (Å²) < 4.78 is 1.89. The topological polar surface area (TPSA) is 79.2 Å². The Balaban J connectivity index is 0.00000225. The number of hydrogen-bond acceptors (Lipinski definition) is 4. The second-order valence-electron chi connectivity index (χ2n) is 6.28. The molecule has 0 saturated carbocycles. The van der Waals surface area contributed by atoms with E-state index in [4.69, 9.17) is 0 Å². The van der Waals surface area contributed by atoms with Crippen molar-refractivity contribution in [2.24, 2.45) is 0 Å². The van der Waals surface area contributed by atoms with Crippen molar-refractivity contribution in [3.63, 3.8) is 0 Å². The molecule has 136 valence electrons. The van der Waals surface area contributed by atoms with Crippen molar-refractivity contribution in [1.82, 2.24) is 20.4 Å². The van der Waals surface area contributed by atoms with Crippen molar-refractivity contribution in [3.8, 4) is 0 Å². The van der Waals surface area contributed by atoms with Gasteiger partial charge < -0.3 is 15.7 Å². The van der Waals surface area contributed by atoms with Gasteiger partial charge in [-0.1, -0.05) is 24.3 Å². The first-order chi connectivity index (χ1) is 11.6. The van der Waals surface area contributed by atoms with Crippen LogP contribution in [0.2, 0.25) is 0 Å². The molecule has 1 aliphatic rings. The van der Waals surface area contributed by atoms with Gasteiger partial charge in [0.2, 0.25) is 0 Å². The Bertz CT molecular complexity index is 679. The summed E-state index contributed by atoms with van der Waals surface area (Å²) in [5.74, 6) is -0.169. The van der Waals surface area contributed by atoms with Crippen LogP contribution < -0.4 is 10.6 Å². The van der Waals surface area contributed by atoms with E-state index in [1.165, 1.54) is 0 Å². The lowest BCUT2D eigenvalue weighted by atomic mass is 10.1. The molecule has 3 rings (SSSR count). The van der Waals surface area contributed by atoms with Crippen LogP contribution in [0.3, 0.4) is 0 Å². The highest BCUT2D eigenvalue weighted by Gasteiger charge is 2.17. The van der Waals surface area contributed by atoms with E-state index >= 15 is 0 Å². The number of halogens is 1. The molecule has 0 aliphatic carbocycles. The van der Waals surface area contributed by atoms with Gasteiger partial charge in [-0.2, -0.15) is 5.10 Å². The molecule has 1 aromatic carbocycles. The minimum absolute atomic E-state index is 0. The summed E-state index contributed by atoms with van der Waals surface area (Å²) in [6, 6.07) is 9.66. The fraction of sp³-hybridized carbons (Fsp3) is 0.444. The Hall–Kier alpha value is -1.89. The summed E-state index contributed by atoms with van der Waals surface area (Å²) in [4.78, 5) is 12.2. The first-order valence-electron chi connectivity index (χ1n) is 8.44. The second-order valence-corrected chi connectivity index (χ2v) is 6.28. The fourth-order valence-corrected chi connectivity index (χ4v) is 2.91. The summed E-state index contributed by atoms with van der Waals surface area (Å²) in [6.07, 6.45) is 3.62. The zero-order valence-electron chi connectivity index (χ0n) is 14.3. The molecule has 2 atom stereocenters. The molecule has 0 spiro atoms. The van der Waals surface area contributed by atoms with Gasteiger partial charge in [-0.3, -0.25) is 9.48 Å². The Morgan fingerprint density at radius 2 is 2.16 bits per heavy atom. The van der Waals surface area contributed by atoms with E-state index in [0.717, 1.165) is 37.1 Å². The number of carbonyl (C=O) groups excluding carboxylic acids is 1. The summed E-state index contributed by atoms with van der Waals surface area (Å²) in [5, 5.41) is 20.2. The molecule has 6 nitrogen and oxygen atoms in total. The lowest BCUT2D eigenvalue weighted by molar-refractivity contribution is 0.0944. The molecule has 25 heavy (non-hydrogen) atoms. The average Bonchev–Trinajstić information content (AvgIpc) is 3.11. The molecule has 2 heterocycles. The lowest BCUT2D eigenvalue weighted by Crippen LogP contribution is -2.32. The zero-order valence-corrected chi connectivity index (χ0v) is 15.1. The van der Waals surface area contributed by atoms with E-state index in [-0.39, 0.29) is 18.3 Å². The van der Waals surface area contributed by atoms with Crippen molar-refractivity contribution in [1.29, 1.82) is 0 Å². The van der Waals surface area contributed by atoms with Crippen LogP contribution in [0.5, 0.6) is 0 Å². The summed E-state index contributed by atoms with van der Waals surface area (Å²) in [7, 11) is 0. The molecule has 1 aromatic heterocycles. The molecule has 2 unspecified atom stereocenters. The van der Waals surface area contributed by atoms with Crippen LogP contribution in [0, 0.1) is 0 Å². The average molecular weight is 365 g/mol. The van der Waals surface area contributed by atoms with Gasteiger partial charge in [0.05, 0.1) is 12.1 Å². The van der Waals surface area contributed by atoms with Crippen LogP contribution in [0.1, 0.15) is 53.5 Å². The van der Waals surface area contributed by atoms with Crippen LogP contribution in [0.15, 0.2) is 36.5 Å². The third-order valence-corrected chi connectivity index (χ3v) is 4.40. The molecular formula is C18H25ClN4O2. The third kappa shape index (κ3) is 5.04. The molecule has 3 N–H and O–H groups in total. The van der Waals surface area contributed by atoms with Gasteiger partial charge in [0.1, 0.15) is 5.69 Å². The van der Waals surface area contributed by atoms with Gasteiger partial charge in [0.25, 0.3) is 5.91 Å². The lowest BCUT2D eigenvalue weighted by Gasteiger charge is -2.22. The summed E-state index contributed by atoms with van der Waals surface area (Å²) in [5.41, 5.74) is 2.30. The van der Waals surface area contributed by atoms with Gasteiger partial charge in [0.15, 0.2) is 0 Å². The van der Waals surface area contributed by atoms with E-state index < -0.39 is 6.10 Å². The van der Waals surface area contributed by atoms with Gasteiger partial charge >= 0.3 is 0 Å². The fourth-order valence-electron chi connectivity index (χ4n) is 2.91. The van der Waals surface area contributed by atoms with Gasteiger partial charge in [0, 0.05) is 19.3 Å². The number of aromatic nitrogens is 2. The maximum Gasteiger partial charge on any atom is 0.272 e. The first-order valence-corrected chi connectivity index (χ1v) is 8.44. The number of benzene rings is 1. The molecule has 2 aromatic rings. The quantitative estimate of drug-likeness (QED) is 0.760. The van der Waals surface area contributed by atoms with Crippen LogP contribution >= 0.6 is 12.4 Å². The highest BCUT2D eigenvalue weighted by molar-refractivity contribution is 5.92. The van der Waals surface area contributed by atoms with E-state index in [0.29, 0.717) is 18.3 Å². The second kappa shape index (κ2) is 8.99. The van der Waals surface area contributed by atoms with Gasteiger partial charge in [-0.05, 0) is 43.5 Å². The highest BCUT2D eigenvalue weighted by atomic mass is 35.5. The Morgan fingerprint density at radius 1 is 1.40 bits per heavy atom. The maximum atomic E-state index is 12.2. The van der Waals surface area contributed by atoms with Crippen LogP contribution in [-0.2, 0) is 6.54 Å². The van der Waals surface area contributed by atoms with Gasteiger partial charge in [-0.25, -0.2) is 0 Å². The number of amides is 1. The molecule has 0 radical (unpaired) electrons. The molecule has 1 saturated heterocycles. The number of aliphatic hydroxyl groups is 1. The molecule has 7 heteroatoms. The third-order valence-electron chi connectivity index (χ3n) is 4.40. The van der Waals surface area contributed by atoms with E-state index in [2.05, 4.69) is 15.7 Å². The number of nitrogens with one attached hydrogen (secondary N) is 2. The van der Waals surface area contributed by atoms with Crippen LogP contribution in [0.25, 0.3) is 0 Å². The zero-order chi connectivity index (χ0) is 16.9. The van der Waals surface area contributed by atoms with E-state index in [9.17, 15) is 9.90 Å². The number of aliphatic hydroxyl groups excluding tert-OH is 1. The minimum Gasteiger partial charge on any atom is -0.389 e. The predicted molar refractivity (Wildman–Crippen MR) is 98.9 cm³/mol. The molecule has 1 aliphatic heterocycles. The maximum absolute atomic E-state index is 12.2. The van der Waals surface area contributed by atoms with Crippen molar-refractivity contribution >= 4 is 18.3 Å². The number of nitrogens with zero attached hydrogens (tertiary/aromatic N) is 2. The summed E-state index contributed by atoms with van der Waals surface area (Å²) >= 11 is 0. The molecule has 1 fully saturated rings. The Labute approximate surface area is 154 Å². The summed E-state index contributed by atoms with van der Waals surface area (Å²) in [6.45, 7) is 4.13. The molecular weight excluding hydrogens is 340 g/mol. The van der Waals surface area contributed by atoms with Crippen molar-refractivity contribution in [2.45, 2.75) is 38.5 Å². The number of piperidine rings is 1. The van der Waals surface area contributed by atoms with Crippen LogP contribution in [0.4, 0.5) is 0 Å². The highest BCUT2D eigenvalue weighted by Crippen LogP contribution is 2.16. The van der Waals surface area contributed by atoms with E-state index in [1.54, 1.807) is 13.0 Å². The Morgan fingerprint density at radius 3 is 2.80 bits per heavy atom. The predicted octanol–water partition coefficient (Wildman–Crippen LogP) is 2.21. The largest absolute Gasteiger partial charge is 0.389 e. The van der Waals surface area contributed by atoms with Crippen molar-refractivity contribution in [3.05, 3.63) is 53.3 Å². The first kappa shape index (κ1) is 19.4. The molecule has 0 bridgehead atoms. The standard InChI is InChI=1S/C18H24N4O2.ClH/c1-13(23)15-6-4-14(5-7-15)11-20-18(24)17-8-10-22(21-17)16-3-2-9-19-12-16;/h4-8,10,13,16,19,23H,2-3,9,11-12H2,1H3,(H,20,24);1H. The molecule has 1 amide bonds. The van der Waals surface area contributed by atoms with Crippen LogP contribution in [-0.4, -0.2) is 33.9 Å². The van der Waals surface area contributed by atoms with E-state index in [1.807, 2.05) is 35.1 Å². The number of hydrogen-bond donors (Lipinski definition) is 3. The number of rotatable bonds is 5. The minimum atomic E-state index is -0.480. The smallest absolute Gasteiger partial charge is 0.272 e. The SMILES string of the molecule is CC(O)c1ccc(CNC(=O)c2ccn(C3CCCNC3)n2)cc1.Cl.